The van der Waals surface area contributed by atoms with Gasteiger partial charge in [0.1, 0.15) is 5.69 Å². The zero-order valence-corrected chi connectivity index (χ0v) is 14.6. The molecule has 2 aromatic carbocycles. The van der Waals surface area contributed by atoms with E-state index in [0.717, 1.165) is 12.1 Å². The number of benzene rings is 2. The summed E-state index contributed by atoms with van der Waals surface area (Å²) < 4.78 is 0. The molecule has 1 N–H and O–H groups in total. The van der Waals surface area contributed by atoms with E-state index in [0.29, 0.717) is 24.7 Å². The van der Waals surface area contributed by atoms with Crippen LogP contribution < -0.4 is 10.2 Å². The highest BCUT2D eigenvalue weighted by atomic mass is 16.2. The second-order valence-corrected chi connectivity index (χ2v) is 6.38. The molecule has 1 aromatic heterocycles. The summed E-state index contributed by atoms with van der Waals surface area (Å²) in [7, 11) is 0. The van der Waals surface area contributed by atoms with Crippen molar-refractivity contribution in [3.8, 4) is 0 Å². The lowest BCUT2D eigenvalue weighted by atomic mass is 10.1. The van der Waals surface area contributed by atoms with Crippen LogP contribution in [0.15, 0.2) is 60.8 Å². The molecule has 1 amide bonds. The van der Waals surface area contributed by atoms with E-state index in [2.05, 4.69) is 40.4 Å². The maximum Gasteiger partial charge on any atom is 0.277 e. The summed E-state index contributed by atoms with van der Waals surface area (Å²) in [6.45, 7) is 3.38. The van der Waals surface area contributed by atoms with Crippen LogP contribution in [0.1, 0.15) is 27.2 Å². The Bertz CT molecular complexity index is 954. The molecule has 4 rings (SSSR count). The van der Waals surface area contributed by atoms with Crippen molar-refractivity contribution in [3.05, 3.63) is 83.2 Å². The average molecular weight is 344 g/mol. The molecule has 0 fully saturated rings. The van der Waals surface area contributed by atoms with E-state index in [1.165, 1.54) is 16.7 Å². The van der Waals surface area contributed by atoms with Gasteiger partial charge in [0.2, 0.25) is 5.95 Å². The summed E-state index contributed by atoms with van der Waals surface area (Å²) in [5.74, 6) is 0.378. The second-order valence-electron chi connectivity index (χ2n) is 6.38. The number of nitrogens with zero attached hydrogens (tertiary/aromatic N) is 3. The first-order valence-corrected chi connectivity index (χ1v) is 8.73. The minimum atomic E-state index is -0.0868. The van der Waals surface area contributed by atoms with Gasteiger partial charge in [-0.1, -0.05) is 42.5 Å². The van der Waals surface area contributed by atoms with Crippen molar-refractivity contribution in [2.75, 3.05) is 16.8 Å². The molecule has 5 heteroatoms. The summed E-state index contributed by atoms with van der Waals surface area (Å²) in [5.41, 5.74) is 4.98. The third-order valence-corrected chi connectivity index (χ3v) is 4.71. The molecule has 0 saturated heterocycles. The first-order chi connectivity index (χ1) is 12.7. The second kappa shape index (κ2) is 6.96. The molecule has 0 atom stereocenters. The van der Waals surface area contributed by atoms with Gasteiger partial charge >= 0.3 is 0 Å². The van der Waals surface area contributed by atoms with Gasteiger partial charge in [-0.15, -0.1) is 0 Å². The quantitative estimate of drug-likeness (QED) is 0.786. The number of carbonyl (C=O) groups excluding carboxylic acids is 1. The summed E-state index contributed by atoms with van der Waals surface area (Å²) in [4.78, 5) is 23.4. The molecule has 0 radical (unpaired) electrons. The van der Waals surface area contributed by atoms with Crippen molar-refractivity contribution in [1.29, 1.82) is 0 Å². The fraction of sp³-hybridized carbons (Fsp3) is 0.190. The molecule has 1 aliphatic rings. The van der Waals surface area contributed by atoms with Gasteiger partial charge in [0.05, 0.1) is 0 Å². The van der Waals surface area contributed by atoms with Gasteiger partial charge in [-0.3, -0.25) is 4.79 Å². The number of aromatic nitrogens is 2. The highest BCUT2D eigenvalue weighted by molar-refractivity contribution is 6.06. The highest BCUT2D eigenvalue weighted by Gasteiger charge is 2.26. The van der Waals surface area contributed by atoms with Crippen LogP contribution in [0.2, 0.25) is 0 Å². The smallest absolute Gasteiger partial charge is 0.277 e. The number of fused-ring (bicyclic) bond motifs is 1. The first-order valence-electron chi connectivity index (χ1n) is 8.73. The minimum Gasteiger partial charge on any atom is -0.350 e. The number of para-hydroxylation sites is 1. The molecule has 0 saturated carbocycles. The van der Waals surface area contributed by atoms with Crippen LogP contribution in [0.4, 0.5) is 11.6 Å². The monoisotopic (exact) mass is 344 g/mol. The summed E-state index contributed by atoms with van der Waals surface area (Å²) in [6, 6.07) is 17.8. The molecule has 2 heterocycles. The fourth-order valence-electron chi connectivity index (χ4n) is 3.23. The van der Waals surface area contributed by atoms with E-state index in [-0.39, 0.29) is 5.91 Å². The molecule has 26 heavy (non-hydrogen) atoms. The van der Waals surface area contributed by atoms with E-state index in [4.69, 9.17) is 0 Å². The Morgan fingerprint density at radius 1 is 1.12 bits per heavy atom. The van der Waals surface area contributed by atoms with Gasteiger partial charge in [0.25, 0.3) is 5.91 Å². The van der Waals surface area contributed by atoms with Gasteiger partial charge < -0.3 is 10.2 Å². The Labute approximate surface area is 152 Å². The van der Waals surface area contributed by atoms with Crippen LogP contribution >= 0.6 is 0 Å². The number of anilines is 2. The van der Waals surface area contributed by atoms with Crippen LogP contribution in [0.3, 0.4) is 0 Å². The molecule has 5 nitrogen and oxygen atoms in total. The topological polar surface area (TPSA) is 58.1 Å². The largest absolute Gasteiger partial charge is 0.350 e. The number of rotatable bonds is 4. The lowest BCUT2D eigenvalue weighted by Crippen LogP contribution is -2.29. The Hall–Kier alpha value is -3.21. The lowest BCUT2D eigenvalue weighted by Gasteiger charge is -2.17. The lowest BCUT2D eigenvalue weighted by molar-refractivity contribution is 0.0984. The van der Waals surface area contributed by atoms with Crippen LogP contribution in [0, 0.1) is 6.92 Å². The van der Waals surface area contributed by atoms with Crippen molar-refractivity contribution >= 4 is 17.5 Å². The number of hydrogen-bond acceptors (Lipinski definition) is 4. The normalized spacial score (nSPS) is 12.7. The van der Waals surface area contributed by atoms with Crippen LogP contribution in [0.5, 0.6) is 0 Å². The van der Waals surface area contributed by atoms with Crippen molar-refractivity contribution in [2.45, 2.75) is 19.9 Å². The van der Waals surface area contributed by atoms with E-state index >= 15 is 0 Å². The first kappa shape index (κ1) is 16.3. The van der Waals surface area contributed by atoms with Crippen LogP contribution in [-0.2, 0) is 13.0 Å². The number of nitrogens with one attached hydrogen (secondary N) is 1. The van der Waals surface area contributed by atoms with Gasteiger partial charge in [-0.25, -0.2) is 9.97 Å². The highest BCUT2D eigenvalue weighted by Crippen LogP contribution is 2.28. The van der Waals surface area contributed by atoms with Gasteiger partial charge in [-0.2, -0.15) is 0 Å². The fourth-order valence-corrected chi connectivity index (χ4v) is 3.23. The van der Waals surface area contributed by atoms with Crippen LogP contribution in [0.25, 0.3) is 0 Å². The summed E-state index contributed by atoms with van der Waals surface area (Å²) >= 11 is 0. The van der Waals surface area contributed by atoms with E-state index < -0.39 is 0 Å². The summed E-state index contributed by atoms with van der Waals surface area (Å²) in [6.07, 6.45) is 2.51. The van der Waals surface area contributed by atoms with E-state index in [1.807, 2.05) is 30.3 Å². The average Bonchev–Trinajstić information content (AvgIpc) is 3.11. The van der Waals surface area contributed by atoms with Gasteiger partial charge in [0, 0.05) is 25.0 Å². The summed E-state index contributed by atoms with van der Waals surface area (Å²) in [5, 5.41) is 3.21. The molecule has 1 aliphatic heterocycles. The third kappa shape index (κ3) is 3.16. The minimum absolute atomic E-state index is 0.0868. The Morgan fingerprint density at radius 3 is 2.81 bits per heavy atom. The molecule has 0 unspecified atom stereocenters. The SMILES string of the molecule is Cc1ccccc1CNc1nccc(C(=O)N2CCc3ccccc32)n1. The number of carbonyl (C=O) groups is 1. The predicted molar refractivity (Wildman–Crippen MR) is 102 cm³/mol. The zero-order chi connectivity index (χ0) is 17.9. The Morgan fingerprint density at radius 2 is 1.92 bits per heavy atom. The number of hydrogen-bond donors (Lipinski definition) is 1. The maximum absolute atomic E-state index is 12.9. The van der Waals surface area contributed by atoms with Gasteiger partial charge in [0.15, 0.2) is 0 Å². The molecule has 0 aliphatic carbocycles. The Kier molecular flexibility index (Phi) is 4.35. The molecular weight excluding hydrogens is 324 g/mol. The molecule has 3 aromatic rings. The predicted octanol–water partition coefficient (Wildman–Crippen LogP) is 3.60. The third-order valence-electron chi connectivity index (χ3n) is 4.71. The number of amides is 1. The van der Waals surface area contributed by atoms with E-state index in [9.17, 15) is 4.79 Å². The zero-order valence-electron chi connectivity index (χ0n) is 14.6. The molecular formula is C21H20N4O. The van der Waals surface area contributed by atoms with Gasteiger partial charge in [-0.05, 0) is 42.2 Å². The molecule has 0 spiro atoms. The number of aryl methyl sites for hydroxylation is 1. The van der Waals surface area contributed by atoms with E-state index in [1.54, 1.807) is 17.2 Å². The molecule has 130 valence electrons. The van der Waals surface area contributed by atoms with Crippen molar-refractivity contribution in [3.63, 3.8) is 0 Å². The van der Waals surface area contributed by atoms with Crippen molar-refractivity contribution in [1.82, 2.24) is 9.97 Å². The van der Waals surface area contributed by atoms with Crippen LogP contribution in [-0.4, -0.2) is 22.4 Å². The maximum atomic E-state index is 12.9. The molecule has 0 bridgehead atoms. The van der Waals surface area contributed by atoms with Crippen molar-refractivity contribution < 1.29 is 4.79 Å². The Balaban J connectivity index is 1.51. The van der Waals surface area contributed by atoms with Crippen molar-refractivity contribution in [2.24, 2.45) is 0 Å². The standard InChI is InChI=1S/C21H20N4O/c1-15-6-2-3-8-17(15)14-23-21-22-12-10-18(24-21)20(26)25-13-11-16-7-4-5-9-19(16)25/h2-10,12H,11,13-14H2,1H3,(H,22,23,24).